The van der Waals surface area contributed by atoms with Crippen molar-refractivity contribution in [1.29, 1.82) is 0 Å². The minimum Gasteiger partial charge on any atom is -0.493 e. The van der Waals surface area contributed by atoms with Gasteiger partial charge in [0, 0.05) is 11.6 Å². The van der Waals surface area contributed by atoms with Crippen LogP contribution in [0.4, 0.5) is 5.13 Å². The summed E-state index contributed by atoms with van der Waals surface area (Å²) in [5, 5.41) is 12.1. The van der Waals surface area contributed by atoms with E-state index in [0.29, 0.717) is 23.1 Å². The molecule has 0 bridgehead atoms. The average Bonchev–Trinajstić information content (AvgIpc) is 3.31. The van der Waals surface area contributed by atoms with Crippen molar-refractivity contribution in [2.45, 2.75) is 35.4 Å². The van der Waals surface area contributed by atoms with Crippen molar-refractivity contribution in [3.63, 3.8) is 0 Å². The van der Waals surface area contributed by atoms with Gasteiger partial charge in [0.2, 0.25) is 5.13 Å². The number of ketones is 1. The van der Waals surface area contributed by atoms with Crippen LogP contribution in [0.2, 0.25) is 0 Å². The number of hydrogen-bond donors (Lipinski definition) is 1. The van der Waals surface area contributed by atoms with Crippen LogP contribution in [0.25, 0.3) is 0 Å². The molecule has 0 aliphatic heterocycles. The number of hydrogen-bond acceptors (Lipinski definition) is 8. The number of benzene rings is 1. The minimum atomic E-state index is -0.259. The maximum Gasteiger partial charge on any atom is 0.206 e. The fourth-order valence-corrected chi connectivity index (χ4v) is 4.20. The molecule has 0 amide bonds. The van der Waals surface area contributed by atoms with E-state index in [1.165, 1.54) is 35.9 Å². The maximum atomic E-state index is 12.6. The van der Waals surface area contributed by atoms with E-state index < -0.39 is 0 Å². The quantitative estimate of drug-likeness (QED) is 0.567. The molecule has 0 saturated heterocycles. The van der Waals surface area contributed by atoms with Gasteiger partial charge in [0.25, 0.3) is 0 Å². The minimum absolute atomic E-state index is 0.0212. The Labute approximate surface area is 149 Å². The van der Waals surface area contributed by atoms with E-state index in [2.05, 4.69) is 15.5 Å². The lowest BCUT2D eigenvalue weighted by molar-refractivity contribution is 0.0993. The summed E-state index contributed by atoms with van der Waals surface area (Å²) in [5.41, 5.74) is 0.591. The zero-order valence-electron chi connectivity index (χ0n) is 13.7. The lowest BCUT2D eigenvalue weighted by Crippen LogP contribution is -2.13. The largest absolute Gasteiger partial charge is 0.493 e. The van der Waals surface area contributed by atoms with Crippen LogP contribution in [-0.2, 0) is 0 Å². The van der Waals surface area contributed by atoms with Crippen LogP contribution >= 0.6 is 23.1 Å². The van der Waals surface area contributed by atoms with Gasteiger partial charge in [-0.05, 0) is 38.0 Å². The van der Waals surface area contributed by atoms with Crippen molar-refractivity contribution >= 4 is 34.0 Å². The summed E-state index contributed by atoms with van der Waals surface area (Å²) >= 11 is 2.91. The number of aromatic nitrogens is 2. The monoisotopic (exact) mass is 365 g/mol. The van der Waals surface area contributed by atoms with Gasteiger partial charge in [-0.25, -0.2) is 0 Å². The number of anilines is 1. The van der Waals surface area contributed by atoms with E-state index in [4.69, 9.17) is 9.47 Å². The highest BCUT2D eigenvalue weighted by atomic mass is 32.2. The standard InChI is InChI=1S/C16H19N3O3S2/c1-9(23-16-19-18-15(24-16)17-11-5-6-11)14(20)10-4-7-12(21-2)13(8-10)22-3/h4,7-9,11H,5-6H2,1-3H3,(H,17,18). The molecule has 128 valence electrons. The zero-order valence-corrected chi connectivity index (χ0v) is 15.4. The molecule has 1 heterocycles. The number of nitrogens with one attached hydrogen (secondary N) is 1. The van der Waals surface area contributed by atoms with Gasteiger partial charge in [-0.1, -0.05) is 23.1 Å². The Morgan fingerprint density at radius 1 is 1.29 bits per heavy atom. The van der Waals surface area contributed by atoms with Gasteiger partial charge in [0.15, 0.2) is 21.6 Å². The van der Waals surface area contributed by atoms with Crippen LogP contribution < -0.4 is 14.8 Å². The second kappa shape index (κ2) is 7.40. The SMILES string of the molecule is COc1ccc(C(=O)C(C)Sc2nnc(NC3CC3)s2)cc1OC. The number of carbonyl (C=O) groups is 1. The zero-order chi connectivity index (χ0) is 17.1. The van der Waals surface area contributed by atoms with E-state index in [0.717, 1.165) is 9.47 Å². The number of Topliss-reactive ketones (excluding diaryl/α,β-unsaturated/α-hetero) is 1. The predicted molar refractivity (Wildman–Crippen MR) is 95.7 cm³/mol. The molecule has 2 aromatic rings. The summed E-state index contributed by atoms with van der Waals surface area (Å²) < 4.78 is 11.3. The fraction of sp³-hybridized carbons (Fsp3) is 0.438. The fourth-order valence-electron chi connectivity index (χ4n) is 2.15. The van der Waals surface area contributed by atoms with E-state index in [1.54, 1.807) is 32.4 Å². The summed E-state index contributed by atoms with van der Waals surface area (Å²) in [6.45, 7) is 1.87. The molecule has 1 aliphatic carbocycles. The molecule has 3 rings (SSSR count). The van der Waals surface area contributed by atoms with Crippen LogP contribution in [0.1, 0.15) is 30.1 Å². The first kappa shape index (κ1) is 17.0. The average molecular weight is 365 g/mol. The number of nitrogens with zero attached hydrogens (tertiary/aromatic N) is 2. The number of carbonyl (C=O) groups excluding carboxylic acids is 1. The van der Waals surface area contributed by atoms with Crippen LogP contribution in [-0.4, -0.2) is 41.5 Å². The smallest absolute Gasteiger partial charge is 0.206 e. The van der Waals surface area contributed by atoms with Gasteiger partial charge in [-0.15, -0.1) is 10.2 Å². The Kier molecular flexibility index (Phi) is 5.25. The molecular formula is C16H19N3O3S2. The van der Waals surface area contributed by atoms with Gasteiger partial charge in [-0.3, -0.25) is 4.79 Å². The molecule has 6 nitrogen and oxygen atoms in total. The van der Waals surface area contributed by atoms with Gasteiger partial charge in [0.05, 0.1) is 19.5 Å². The Morgan fingerprint density at radius 3 is 2.71 bits per heavy atom. The second-order valence-electron chi connectivity index (χ2n) is 5.49. The number of methoxy groups -OCH3 is 2. The molecule has 1 fully saturated rings. The van der Waals surface area contributed by atoms with Crippen molar-refractivity contribution < 1.29 is 14.3 Å². The molecular weight excluding hydrogens is 346 g/mol. The lowest BCUT2D eigenvalue weighted by Gasteiger charge is -2.11. The molecule has 1 aromatic carbocycles. The first-order valence-electron chi connectivity index (χ1n) is 7.63. The first-order valence-corrected chi connectivity index (χ1v) is 9.33. The third-order valence-corrected chi connectivity index (χ3v) is 5.66. The summed E-state index contributed by atoms with van der Waals surface area (Å²) in [4.78, 5) is 12.6. The highest BCUT2D eigenvalue weighted by Crippen LogP contribution is 2.34. The third kappa shape index (κ3) is 3.99. The lowest BCUT2D eigenvalue weighted by atomic mass is 10.1. The van der Waals surface area contributed by atoms with Gasteiger partial charge in [0.1, 0.15) is 0 Å². The highest BCUT2D eigenvalue weighted by Gasteiger charge is 2.24. The molecule has 1 aliphatic rings. The summed E-state index contributed by atoms with van der Waals surface area (Å²) in [6.07, 6.45) is 2.38. The maximum absolute atomic E-state index is 12.6. The van der Waals surface area contributed by atoms with E-state index >= 15 is 0 Å². The van der Waals surface area contributed by atoms with Crippen molar-refractivity contribution in [1.82, 2.24) is 10.2 Å². The Bertz CT molecular complexity index is 731. The molecule has 0 radical (unpaired) electrons. The molecule has 1 atom stereocenters. The van der Waals surface area contributed by atoms with E-state index in [-0.39, 0.29) is 11.0 Å². The molecule has 1 saturated carbocycles. The first-order chi connectivity index (χ1) is 11.6. The van der Waals surface area contributed by atoms with E-state index in [1.807, 2.05) is 6.92 Å². The van der Waals surface area contributed by atoms with Crippen molar-refractivity contribution in [3.8, 4) is 11.5 Å². The normalized spacial score (nSPS) is 15.0. The second-order valence-corrected chi connectivity index (χ2v) is 8.05. The highest BCUT2D eigenvalue weighted by molar-refractivity contribution is 8.02. The van der Waals surface area contributed by atoms with Crippen LogP contribution in [0.5, 0.6) is 11.5 Å². The van der Waals surface area contributed by atoms with E-state index in [9.17, 15) is 4.79 Å². The topological polar surface area (TPSA) is 73.3 Å². The van der Waals surface area contributed by atoms with Crippen LogP contribution in [0.3, 0.4) is 0 Å². The number of ether oxygens (including phenoxy) is 2. The molecule has 8 heteroatoms. The van der Waals surface area contributed by atoms with Gasteiger partial charge in [-0.2, -0.15) is 0 Å². The molecule has 1 unspecified atom stereocenters. The summed E-state index contributed by atoms with van der Waals surface area (Å²) in [6, 6.07) is 5.74. The summed E-state index contributed by atoms with van der Waals surface area (Å²) in [5.74, 6) is 1.18. The summed E-state index contributed by atoms with van der Waals surface area (Å²) in [7, 11) is 3.13. The Morgan fingerprint density at radius 2 is 2.04 bits per heavy atom. The molecule has 0 spiro atoms. The molecule has 24 heavy (non-hydrogen) atoms. The predicted octanol–water partition coefficient (Wildman–Crippen LogP) is 3.49. The number of thioether (sulfide) groups is 1. The molecule has 1 N–H and O–H groups in total. The Hall–Kier alpha value is -1.80. The van der Waals surface area contributed by atoms with Gasteiger partial charge >= 0.3 is 0 Å². The number of rotatable bonds is 8. The molecule has 1 aromatic heterocycles. The van der Waals surface area contributed by atoms with Crippen LogP contribution in [0, 0.1) is 0 Å². The van der Waals surface area contributed by atoms with Gasteiger partial charge < -0.3 is 14.8 Å². The van der Waals surface area contributed by atoms with Crippen LogP contribution in [0.15, 0.2) is 22.5 Å². The third-order valence-electron chi connectivity index (χ3n) is 3.63. The Balaban J connectivity index is 1.66. The van der Waals surface area contributed by atoms with Crippen molar-refractivity contribution in [2.24, 2.45) is 0 Å². The van der Waals surface area contributed by atoms with Crippen molar-refractivity contribution in [2.75, 3.05) is 19.5 Å². The van der Waals surface area contributed by atoms with Crippen molar-refractivity contribution in [3.05, 3.63) is 23.8 Å².